The lowest BCUT2D eigenvalue weighted by atomic mass is 10.1. The Labute approximate surface area is 192 Å². The fourth-order valence-electron chi connectivity index (χ4n) is 3.77. The van der Waals surface area contributed by atoms with E-state index in [0.717, 1.165) is 56.1 Å². The molecule has 1 aliphatic heterocycles. The van der Waals surface area contributed by atoms with Gasteiger partial charge in [0.05, 0.1) is 30.2 Å². The smallest absolute Gasteiger partial charge is 0.227 e. The Hall–Kier alpha value is -3.96. The molecule has 0 bridgehead atoms. The van der Waals surface area contributed by atoms with Crippen LogP contribution in [0.15, 0.2) is 54.7 Å². The zero-order chi connectivity index (χ0) is 22.6. The van der Waals surface area contributed by atoms with Crippen LogP contribution in [0.1, 0.15) is 18.4 Å². The standard InChI is InChI=1S/C25H24N6O2/c26-16-19-15-18(3-8-22(19)29-24(32)17-1-2-17)23-9-10-27-25(30-23)28-20-4-6-21(7-5-20)31-11-13-33-14-12-31/h3-10,15,17H,1-2,11-14H2,(H,29,32)(H,27,28,30). The largest absolute Gasteiger partial charge is 0.378 e. The van der Waals surface area contributed by atoms with E-state index in [1.807, 2.05) is 18.2 Å². The first-order chi connectivity index (χ1) is 16.2. The molecule has 2 aliphatic rings. The minimum atomic E-state index is -0.0209. The maximum absolute atomic E-state index is 12.1. The summed E-state index contributed by atoms with van der Waals surface area (Å²) in [5, 5.41) is 15.7. The second-order valence-corrected chi connectivity index (χ2v) is 8.17. The number of nitriles is 1. The molecule has 2 fully saturated rings. The number of amides is 1. The maximum Gasteiger partial charge on any atom is 0.227 e. The number of hydrogen-bond acceptors (Lipinski definition) is 7. The number of rotatable bonds is 6. The molecule has 1 saturated heterocycles. The van der Waals surface area contributed by atoms with Crippen LogP contribution >= 0.6 is 0 Å². The van der Waals surface area contributed by atoms with Crippen molar-refractivity contribution in [2.24, 2.45) is 5.92 Å². The third-order valence-corrected chi connectivity index (χ3v) is 5.80. The molecule has 2 N–H and O–H groups in total. The third kappa shape index (κ3) is 4.94. The Morgan fingerprint density at radius 1 is 1.09 bits per heavy atom. The highest BCUT2D eigenvalue weighted by atomic mass is 16.5. The molecule has 0 radical (unpaired) electrons. The third-order valence-electron chi connectivity index (χ3n) is 5.80. The van der Waals surface area contributed by atoms with Gasteiger partial charge in [-0.1, -0.05) is 6.07 Å². The number of anilines is 4. The summed E-state index contributed by atoms with van der Waals surface area (Å²) in [6.45, 7) is 3.29. The number of nitrogens with zero attached hydrogens (tertiary/aromatic N) is 4. The number of aromatic nitrogens is 2. The van der Waals surface area contributed by atoms with Gasteiger partial charge in [0.1, 0.15) is 6.07 Å². The van der Waals surface area contributed by atoms with E-state index in [2.05, 4.69) is 43.7 Å². The van der Waals surface area contributed by atoms with Gasteiger partial charge in [0.25, 0.3) is 0 Å². The van der Waals surface area contributed by atoms with Crippen LogP contribution < -0.4 is 15.5 Å². The van der Waals surface area contributed by atoms with Gasteiger partial charge in [-0.3, -0.25) is 4.79 Å². The summed E-state index contributed by atoms with van der Waals surface area (Å²) >= 11 is 0. The molecule has 1 saturated carbocycles. The lowest BCUT2D eigenvalue weighted by molar-refractivity contribution is -0.117. The zero-order valence-corrected chi connectivity index (χ0v) is 18.1. The maximum atomic E-state index is 12.1. The molecule has 0 atom stereocenters. The summed E-state index contributed by atoms with van der Waals surface area (Å²) in [7, 11) is 0. The molecule has 1 aromatic heterocycles. The Morgan fingerprint density at radius 3 is 2.61 bits per heavy atom. The molecule has 0 spiro atoms. The normalized spacial score (nSPS) is 15.5. The first-order valence-electron chi connectivity index (χ1n) is 11.1. The molecule has 8 nitrogen and oxygen atoms in total. The van der Waals surface area contributed by atoms with Crippen molar-refractivity contribution in [3.63, 3.8) is 0 Å². The summed E-state index contributed by atoms with van der Waals surface area (Å²) < 4.78 is 5.41. The minimum absolute atomic E-state index is 0.0209. The van der Waals surface area contributed by atoms with Crippen LogP contribution in [0.5, 0.6) is 0 Å². The molecule has 5 rings (SSSR count). The number of nitrogens with one attached hydrogen (secondary N) is 2. The van der Waals surface area contributed by atoms with E-state index >= 15 is 0 Å². The van der Waals surface area contributed by atoms with E-state index < -0.39 is 0 Å². The van der Waals surface area contributed by atoms with Crippen molar-refractivity contribution in [2.45, 2.75) is 12.8 Å². The van der Waals surface area contributed by atoms with Crippen molar-refractivity contribution in [1.29, 1.82) is 5.26 Å². The van der Waals surface area contributed by atoms with Gasteiger partial charge in [0.15, 0.2) is 0 Å². The average Bonchev–Trinajstić information content (AvgIpc) is 3.71. The van der Waals surface area contributed by atoms with Gasteiger partial charge in [-0.2, -0.15) is 5.26 Å². The van der Waals surface area contributed by atoms with E-state index in [9.17, 15) is 10.1 Å². The molecule has 3 aromatic rings. The SMILES string of the molecule is N#Cc1cc(-c2ccnc(Nc3ccc(N4CCOCC4)cc3)n2)ccc1NC(=O)C1CC1. The highest BCUT2D eigenvalue weighted by molar-refractivity contribution is 5.95. The van der Waals surface area contributed by atoms with Gasteiger partial charge in [0, 0.05) is 42.1 Å². The summed E-state index contributed by atoms with van der Waals surface area (Å²) in [6, 6.07) is 17.5. The quantitative estimate of drug-likeness (QED) is 0.598. The lowest BCUT2D eigenvalue weighted by Crippen LogP contribution is -2.36. The number of carbonyl (C=O) groups is 1. The molecular formula is C25H24N6O2. The van der Waals surface area contributed by atoms with Crippen LogP contribution in [0.3, 0.4) is 0 Å². The molecule has 2 aromatic carbocycles. The second-order valence-electron chi connectivity index (χ2n) is 8.17. The van der Waals surface area contributed by atoms with E-state index in [1.165, 1.54) is 0 Å². The van der Waals surface area contributed by atoms with Crippen molar-refractivity contribution in [3.8, 4) is 17.3 Å². The monoisotopic (exact) mass is 440 g/mol. The Bertz CT molecular complexity index is 1190. The molecule has 2 heterocycles. The van der Waals surface area contributed by atoms with Crippen LogP contribution in [0.4, 0.5) is 23.0 Å². The van der Waals surface area contributed by atoms with Gasteiger partial charge in [-0.15, -0.1) is 0 Å². The minimum Gasteiger partial charge on any atom is -0.378 e. The molecular weight excluding hydrogens is 416 g/mol. The predicted octanol–water partition coefficient (Wildman–Crippen LogP) is 3.94. The highest BCUT2D eigenvalue weighted by Gasteiger charge is 2.30. The van der Waals surface area contributed by atoms with Crippen molar-refractivity contribution in [3.05, 3.63) is 60.3 Å². The number of hydrogen-bond donors (Lipinski definition) is 2. The fraction of sp³-hybridized carbons (Fsp3) is 0.280. The van der Waals surface area contributed by atoms with E-state index in [0.29, 0.717) is 22.9 Å². The van der Waals surface area contributed by atoms with Crippen LogP contribution in [0.2, 0.25) is 0 Å². The van der Waals surface area contributed by atoms with Gasteiger partial charge >= 0.3 is 0 Å². The molecule has 166 valence electrons. The number of carbonyl (C=O) groups excluding carboxylic acids is 1. The van der Waals surface area contributed by atoms with Crippen LogP contribution in [-0.4, -0.2) is 42.2 Å². The van der Waals surface area contributed by atoms with Crippen molar-refractivity contribution >= 4 is 28.9 Å². The van der Waals surface area contributed by atoms with Crippen molar-refractivity contribution in [1.82, 2.24) is 9.97 Å². The summed E-state index contributed by atoms with van der Waals surface area (Å²) in [4.78, 5) is 23.3. The average molecular weight is 441 g/mol. The predicted molar refractivity (Wildman–Crippen MR) is 126 cm³/mol. The number of ether oxygens (including phenoxy) is 1. The van der Waals surface area contributed by atoms with Crippen LogP contribution in [0.25, 0.3) is 11.3 Å². The Morgan fingerprint density at radius 2 is 1.88 bits per heavy atom. The second kappa shape index (κ2) is 9.27. The Balaban J connectivity index is 1.30. The zero-order valence-electron chi connectivity index (χ0n) is 18.1. The Kier molecular flexibility index (Phi) is 5.87. The number of morpholine rings is 1. The van der Waals surface area contributed by atoms with Crippen molar-refractivity contribution < 1.29 is 9.53 Å². The topological polar surface area (TPSA) is 103 Å². The summed E-state index contributed by atoms with van der Waals surface area (Å²) in [5.41, 5.74) is 4.47. The molecule has 1 aliphatic carbocycles. The van der Waals surface area contributed by atoms with Gasteiger partial charge in [0.2, 0.25) is 11.9 Å². The fourth-order valence-corrected chi connectivity index (χ4v) is 3.77. The van der Waals surface area contributed by atoms with Gasteiger partial charge < -0.3 is 20.3 Å². The first-order valence-corrected chi connectivity index (χ1v) is 11.1. The first kappa shape index (κ1) is 20.9. The van der Waals surface area contributed by atoms with Crippen molar-refractivity contribution in [2.75, 3.05) is 41.8 Å². The van der Waals surface area contributed by atoms with Gasteiger partial charge in [-0.05, 0) is 55.3 Å². The summed E-state index contributed by atoms with van der Waals surface area (Å²) in [6.07, 6.45) is 3.51. The van der Waals surface area contributed by atoms with E-state index in [-0.39, 0.29) is 11.8 Å². The van der Waals surface area contributed by atoms with E-state index in [4.69, 9.17) is 4.74 Å². The summed E-state index contributed by atoms with van der Waals surface area (Å²) in [5.74, 6) is 0.526. The van der Waals surface area contributed by atoms with Crippen LogP contribution in [-0.2, 0) is 9.53 Å². The molecule has 33 heavy (non-hydrogen) atoms. The highest BCUT2D eigenvalue weighted by Crippen LogP contribution is 2.31. The molecule has 0 unspecified atom stereocenters. The van der Waals surface area contributed by atoms with Crippen LogP contribution in [0, 0.1) is 17.2 Å². The van der Waals surface area contributed by atoms with E-state index in [1.54, 1.807) is 24.4 Å². The van der Waals surface area contributed by atoms with Gasteiger partial charge in [-0.25, -0.2) is 9.97 Å². The molecule has 8 heteroatoms. The number of benzene rings is 2. The lowest BCUT2D eigenvalue weighted by Gasteiger charge is -2.28. The molecule has 1 amide bonds.